The van der Waals surface area contributed by atoms with E-state index in [4.69, 9.17) is 20.0 Å². The number of ether oxygens (including phenoxy) is 2. The summed E-state index contributed by atoms with van der Waals surface area (Å²) in [6, 6.07) is 9.26. The van der Waals surface area contributed by atoms with Crippen molar-refractivity contribution in [1.82, 2.24) is 5.32 Å². The number of nitrogens with zero attached hydrogens (tertiary/aromatic N) is 2. The van der Waals surface area contributed by atoms with E-state index in [2.05, 4.69) is 19.2 Å². The fraction of sp³-hybridized carbons (Fsp3) is 0.412. The topological polar surface area (TPSA) is 78.1 Å². The Morgan fingerprint density at radius 2 is 2.00 bits per heavy atom. The van der Waals surface area contributed by atoms with Gasteiger partial charge in [-0.3, -0.25) is 0 Å². The summed E-state index contributed by atoms with van der Waals surface area (Å²) in [5.74, 6) is 1.99. The molecule has 1 rings (SSSR count). The summed E-state index contributed by atoms with van der Waals surface area (Å²) >= 11 is 0. The van der Waals surface area contributed by atoms with Crippen molar-refractivity contribution in [3.8, 4) is 23.6 Å². The normalized spacial score (nSPS) is 9.55. The molecular weight excluding hydrogens is 278 g/mol. The molecule has 0 spiro atoms. The quantitative estimate of drug-likeness (QED) is 0.746. The van der Waals surface area contributed by atoms with Crippen molar-refractivity contribution in [3.63, 3.8) is 0 Å². The van der Waals surface area contributed by atoms with Gasteiger partial charge >= 0.3 is 0 Å². The number of nitrogens with one attached hydrogen (secondary N) is 1. The van der Waals surface area contributed by atoms with Crippen LogP contribution in [0.2, 0.25) is 0 Å². The number of hydrogen-bond acceptors (Lipinski definition) is 5. The molecule has 1 aromatic rings. The number of rotatable bonds is 8. The largest absolute Gasteiger partial charge is 0.493 e. The van der Waals surface area contributed by atoms with Crippen LogP contribution < -0.4 is 14.8 Å². The van der Waals surface area contributed by atoms with Gasteiger partial charge in [0.2, 0.25) is 0 Å². The van der Waals surface area contributed by atoms with Crippen molar-refractivity contribution in [3.05, 3.63) is 35.5 Å². The van der Waals surface area contributed by atoms with Crippen LogP contribution in [0.4, 0.5) is 0 Å². The maximum Gasteiger partial charge on any atom is 0.161 e. The van der Waals surface area contributed by atoms with Gasteiger partial charge < -0.3 is 14.8 Å². The Labute approximate surface area is 131 Å². The molecule has 0 bridgehead atoms. The van der Waals surface area contributed by atoms with E-state index in [-0.39, 0.29) is 5.57 Å². The predicted octanol–water partition coefficient (Wildman–Crippen LogP) is 3.14. The third kappa shape index (κ3) is 5.76. The number of methoxy groups -OCH3 is 1. The lowest BCUT2D eigenvalue weighted by molar-refractivity contribution is 0.273. The second-order valence-corrected chi connectivity index (χ2v) is 5.18. The van der Waals surface area contributed by atoms with Gasteiger partial charge in [-0.25, -0.2) is 0 Å². The van der Waals surface area contributed by atoms with E-state index in [0.717, 1.165) is 17.7 Å². The van der Waals surface area contributed by atoms with Gasteiger partial charge in [-0.05, 0) is 30.0 Å². The first-order valence-corrected chi connectivity index (χ1v) is 7.14. The Hall–Kier alpha value is -2.66. The Morgan fingerprint density at radius 3 is 2.59 bits per heavy atom. The SMILES string of the molecule is COc1cc(CNC=C(C#N)C#N)ccc1OCCC(C)C. The van der Waals surface area contributed by atoms with Crippen molar-refractivity contribution in [2.75, 3.05) is 13.7 Å². The second kappa shape index (κ2) is 9.31. The molecule has 5 nitrogen and oxygen atoms in total. The van der Waals surface area contributed by atoms with Gasteiger partial charge in [0.05, 0.1) is 13.7 Å². The number of allylic oxidation sites excluding steroid dienone is 1. The molecule has 5 heteroatoms. The lowest BCUT2D eigenvalue weighted by Gasteiger charge is -2.13. The minimum atomic E-state index is 0.0422. The molecule has 1 aromatic carbocycles. The minimum absolute atomic E-state index is 0.0422. The zero-order chi connectivity index (χ0) is 16.4. The van der Waals surface area contributed by atoms with Crippen LogP contribution in [0.15, 0.2) is 30.0 Å². The van der Waals surface area contributed by atoms with Crippen LogP contribution in [0.3, 0.4) is 0 Å². The average Bonchev–Trinajstić information content (AvgIpc) is 2.52. The van der Waals surface area contributed by atoms with E-state index in [1.165, 1.54) is 6.20 Å². The monoisotopic (exact) mass is 299 g/mol. The van der Waals surface area contributed by atoms with Gasteiger partial charge in [0, 0.05) is 12.7 Å². The molecule has 0 atom stereocenters. The fourth-order valence-electron chi connectivity index (χ4n) is 1.71. The Balaban J connectivity index is 2.66. The first-order valence-electron chi connectivity index (χ1n) is 7.14. The summed E-state index contributed by atoms with van der Waals surface area (Å²) in [6.45, 7) is 5.46. The van der Waals surface area contributed by atoms with Crippen LogP contribution in [-0.4, -0.2) is 13.7 Å². The van der Waals surface area contributed by atoms with Crippen molar-refractivity contribution >= 4 is 0 Å². The number of nitriles is 2. The molecule has 116 valence electrons. The van der Waals surface area contributed by atoms with Crippen LogP contribution in [0.5, 0.6) is 11.5 Å². The summed E-state index contributed by atoms with van der Waals surface area (Å²) in [4.78, 5) is 0. The summed E-state index contributed by atoms with van der Waals surface area (Å²) < 4.78 is 11.1. The van der Waals surface area contributed by atoms with Gasteiger partial charge in [-0.15, -0.1) is 0 Å². The molecule has 22 heavy (non-hydrogen) atoms. The number of hydrogen-bond donors (Lipinski definition) is 1. The van der Waals surface area contributed by atoms with Gasteiger partial charge in [-0.2, -0.15) is 10.5 Å². The van der Waals surface area contributed by atoms with Crippen LogP contribution >= 0.6 is 0 Å². The van der Waals surface area contributed by atoms with Crippen molar-refractivity contribution in [2.24, 2.45) is 5.92 Å². The summed E-state index contributed by atoms with van der Waals surface area (Å²) in [6.07, 6.45) is 2.39. The Morgan fingerprint density at radius 1 is 1.27 bits per heavy atom. The molecule has 1 N–H and O–H groups in total. The minimum Gasteiger partial charge on any atom is -0.493 e. The molecule has 0 radical (unpaired) electrons. The highest BCUT2D eigenvalue weighted by molar-refractivity contribution is 5.43. The lowest BCUT2D eigenvalue weighted by Crippen LogP contribution is -2.07. The van der Waals surface area contributed by atoms with E-state index in [1.807, 2.05) is 18.2 Å². The molecule has 0 saturated carbocycles. The highest BCUT2D eigenvalue weighted by atomic mass is 16.5. The summed E-state index contributed by atoms with van der Waals surface area (Å²) in [5.41, 5.74) is 1.01. The molecule has 0 saturated heterocycles. The van der Waals surface area contributed by atoms with Gasteiger partial charge in [0.1, 0.15) is 17.7 Å². The third-order valence-corrected chi connectivity index (χ3v) is 2.97. The number of benzene rings is 1. The predicted molar refractivity (Wildman–Crippen MR) is 84.1 cm³/mol. The molecule has 0 fully saturated rings. The summed E-state index contributed by atoms with van der Waals surface area (Å²) in [7, 11) is 1.60. The Bertz CT molecular complexity index is 579. The van der Waals surface area contributed by atoms with Crippen molar-refractivity contribution in [1.29, 1.82) is 10.5 Å². The highest BCUT2D eigenvalue weighted by Gasteiger charge is 2.06. The molecule has 0 amide bonds. The molecule has 0 aromatic heterocycles. The first-order chi connectivity index (χ1) is 10.6. The molecular formula is C17H21N3O2. The zero-order valence-corrected chi connectivity index (χ0v) is 13.2. The summed E-state index contributed by atoms with van der Waals surface area (Å²) in [5, 5.41) is 20.2. The average molecular weight is 299 g/mol. The Kier molecular flexibility index (Phi) is 7.36. The molecule has 0 aliphatic rings. The van der Waals surface area contributed by atoms with Crippen LogP contribution in [-0.2, 0) is 6.54 Å². The van der Waals surface area contributed by atoms with E-state index >= 15 is 0 Å². The molecule has 0 unspecified atom stereocenters. The van der Waals surface area contributed by atoms with Gasteiger partial charge in [0.15, 0.2) is 11.5 Å². The maximum atomic E-state index is 8.65. The van der Waals surface area contributed by atoms with E-state index in [0.29, 0.717) is 24.8 Å². The smallest absolute Gasteiger partial charge is 0.161 e. The van der Waals surface area contributed by atoms with Gasteiger partial charge in [0.25, 0.3) is 0 Å². The van der Waals surface area contributed by atoms with Crippen molar-refractivity contribution < 1.29 is 9.47 Å². The van der Waals surface area contributed by atoms with Crippen LogP contribution in [0, 0.1) is 28.6 Å². The van der Waals surface area contributed by atoms with Gasteiger partial charge in [-0.1, -0.05) is 19.9 Å². The maximum absolute atomic E-state index is 8.65. The zero-order valence-electron chi connectivity index (χ0n) is 13.2. The molecule has 0 aliphatic heterocycles. The van der Waals surface area contributed by atoms with Crippen molar-refractivity contribution in [2.45, 2.75) is 26.8 Å². The third-order valence-electron chi connectivity index (χ3n) is 2.97. The standard InChI is InChI=1S/C17H21N3O2/c1-13(2)6-7-22-16-5-4-14(8-17(16)21-3)11-20-12-15(9-18)10-19/h4-5,8,12-13,20H,6-7,11H2,1-3H3. The highest BCUT2D eigenvalue weighted by Crippen LogP contribution is 2.28. The lowest BCUT2D eigenvalue weighted by atomic mass is 10.1. The van der Waals surface area contributed by atoms with Crippen LogP contribution in [0.1, 0.15) is 25.8 Å². The fourth-order valence-corrected chi connectivity index (χ4v) is 1.71. The molecule has 0 heterocycles. The van der Waals surface area contributed by atoms with E-state index < -0.39 is 0 Å². The first kappa shape index (κ1) is 17.4. The van der Waals surface area contributed by atoms with E-state index in [1.54, 1.807) is 19.2 Å². The van der Waals surface area contributed by atoms with Crippen LogP contribution in [0.25, 0.3) is 0 Å². The van der Waals surface area contributed by atoms with E-state index in [9.17, 15) is 0 Å². The second-order valence-electron chi connectivity index (χ2n) is 5.18. The molecule has 0 aliphatic carbocycles.